The van der Waals surface area contributed by atoms with Gasteiger partial charge < -0.3 is 15.0 Å². The van der Waals surface area contributed by atoms with Gasteiger partial charge in [-0.2, -0.15) is 0 Å². The van der Waals surface area contributed by atoms with Gasteiger partial charge in [-0.1, -0.05) is 70.0 Å². The van der Waals surface area contributed by atoms with Crippen LogP contribution in [0, 0.1) is 0 Å². The highest BCUT2D eigenvalue weighted by atomic mass is 79.9. The second-order valence-electron chi connectivity index (χ2n) is 7.49. The molecular formula is C26H26BrClN2O3. The summed E-state index contributed by atoms with van der Waals surface area (Å²) < 4.78 is 6.65. The topological polar surface area (TPSA) is 58.6 Å². The van der Waals surface area contributed by atoms with Crippen LogP contribution in [0.15, 0.2) is 83.3 Å². The maximum absolute atomic E-state index is 13.4. The lowest BCUT2D eigenvalue weighted by Gasteiger charge is -2.31. The highest BCUT2D eigenvalue weighted by Gasteiger charge is 2.30. The smallest absolute Gasteiger partial charge is 0.261 e. The first-order valence-electron chi connectivity index (χ1n) is 10.7. The SMILES string of the molecule is CCNC(=O)[C@@H](Cc1ccccc1)N(Cc1cccc(Cl)c1)C(=O)COc1ccc(Br)cc1. The summed E-state index contributed by atoms with van der Waals surface area (Å²) in [4.78, 5) is 28.0. The minimum Gasteiger partial charge on any atom is -0.484 e. The fraction of sp³-hybridized carbons (Fsp3) is 0.231. The van der Waals surface area contributed by atoms with Gasteiger partial charge in [-0.3, -0.25) is 9.59 Å². The average molecular weight is 530 g/mol. The molecule has 0 saturated heterocycles. The van der Waals surface area contributed by atoms with Gasteiger partial charge in [0.25, 0.3) is 5.91 Å². The zero-order chi connectivity index (χ0) is 23.6. The molecule has 3 aromatic rings. The van der Waals surface area contributed by atoms with E-state index < -0.39 is 6.04 Å². The quantitative estimate of drug-likeness (QED) is 0.390. The summed E-state index contributed by atoms with van der Waals surface area (Å²) in [5.41, 5.74) is 1.80. The number of hydrogen-bond acceptors (Lipinski definition) is 3. The number of ether oxygens (including phenoxy) is 1. The Morgan fingerprint density at radius 2 is 1.70 bits per heavy atom. The molecule has 33 heavy (non-hydrogen) atoms. The molecule has 172 valence electrons. The Kier molecular flexibility index (Phi) is 9.34. The van der Waals surface area contributed by atoms with Crippen molar-refractivity contribution < 1.29 is 14.3 Å². The zero-order valence-corrected chi connectivity index (χ0v) is 20.7. The van der Waals surface area contributed by atoms with Gasteiger partial charge in [0.05, 0.1) is 0 Å². The Labute approximate surface area is 207 Å². The van der Waals surface area contributed by atoms with Crippen LogP contribution in [0.25, 0.3) is 0 Å². The first-order chi connectivity index (χ1) is 16.0. The number of carbonyl (C=O) groups excluding carboxylic acids is 2. The molecule has 1 N–H and O–H groups in total. The van der Waals surface area contributed by atoms with Crippen molar-refractivity contribution in [2.75, 3.05) is 13.2 Å². The Bertz CT molecular complexity index is 1060. The molecule has 0 saturated carbocycles. The third-order valence-electron chi connectivity index (χ3n) is 5.04. The van der Waals surface area contributed by atoms with E-state index in [-0.39, 0.29) is 25.0 Å². The molecule has 7 heteroatoms. The van der Waals surface area contributed by atoms with Crippen molar-refractivity contribution in [1.29, 1.82) is 0 Å². The monoisotopic (exact) mass is 528 g/mol. The van der Waals surface area contributed by atoms with Crippen LogP contribution in [0.5, 0.6) is 5.75 Å². The molecule has 3 aromatic carbocycles. The van der Waals surface area contributed by atoms with Gasteiger partial charge >= 0.3 is 0 Å². The van der Waals surface area contributed by atoms with E-state index in [4.69, 9.17) is 16.3 Å². The number of likely N-dealkylation sites (N-methyl/N-ethyl adjacent to an activating group) is 1. The maximum Gasteiger partial charge on any atom is 0.261 e. The van der Waals surface area contributed by atoms with Gasteiger partial charge in [-0.05, 0) is 54.4 Å². The second kappa shape index (κ2) is 12.4. The fourth-order valence-corrected chi connectivity index (χ4v) is 3.91. The Balaban J connectivity index is 1.88. The number of benzene rings is 3. The van der Waals surface area contributed by atoms with Crippen molar-refractivity contribution in [1.82, 2.24) is 10.2 Å². The van der Waals surface area contributed by atoms with Gasteiger partial charge in [0, 0.05) is 29.0 Å². The van der Waals surface area contributed by atoms with Gasteiger partial charge in [-0.25, -0.2) is 0 Å². The minimum absolute atomic E-state index is 0.188. The molecule has 0 fully saturated rings. The first kappa shape index (κ1) is 24.8. The molecule has 0 radical (unpaired) electrons. The third kappa shape index (κ3) is 7.62. The summed E-state index contributed by atoms with van der Waals surface area (Å²) in [5.74, 6) is 0.0809. The Morgan fingerprint density at radius 1 is 1.00 bits per heavy atom. The summed E-state index contributed by atoms with van der Waals surface area (Å²) in [6, 6.07) is 23.5. The molecule has 0 aliphatic carbocycles. The van der Waals surface area contributed by atoms with Gasteiger partial charge in [0.1, 0.15) is 11.8 Å². The van der Waals surface area contributed by atoms with Crippen molar-refractivity contribution in [3.63, 3.8) is 0 Å². The predicted molar refractivity (Wildman–Crippen MR) is 134 cm³/mol. The van der Waals surface area contributed by atoms with Crippen molar-refractivity contribution in [2.24, 2.45) is 0 Å². The largest absolute Gasteiger partial charge is 0.484 e. The lowest BCUT2D eigenvalue weighted by atomic mass is 10.0. The van der Waals surface area contributed by atoms with Crippen molar-refractivity contribution >= 4 is 39.3 Å². The molecule has 5 nitrogen and oxygen atoms in total. The number of nitrogens with one attached hydrogen (secondary N) is 1. The minimum atomic E-state index is -0.702. The number of hydrogen-bond donors (Lipinski definition) is 1. The highest BCUT2D eigenvalue weighted by Crippen LogP contribution is 2.19. The lowest BCUT2D eigenvalue weighted by molar-refractivity contribution is -0.142. The normalized spacial score (nSPS) is 11.5. The fourth-order valence-electron chi connectivity index (χ4n) is 3.44. The average Bonchev–Trinajstić information content (AvgIpc) is 2.81. The predicted octanol–water partition coefficient (Wildman–Crippen LogP) is 5.26. The number of halogens is 2. The van der Waals surface area contributed by atoms with E-state index in [2.05, 4.69) is 21.2 Å². The van der Waals surface area contributed by atoms with Gasteiger partial charge in [0.2, 0.25) is 5.91 Å². The summed E-state index contributed by atoms with van der Waals surface area (Å²) >= 11 is 9.56. The van der Waals surface area contributed by atoms with E-state index in [1.54, 1.807) is 29.2 Å². The number of carbonyl (C=O) groups is 2. The van der Waals surface area contributed by atoms with Crippen LogP contribution in [0.4, 0.5) is 0 Å². The molecular weight excluding hydrogens is 504 g/mol. The van der Waals surface area contributed by atoms with Crippen molar-refractivity contribution in [3.8, 4) is 5.75 Å². The molecule has 0 heterocycles. The third-order valence-corrected chi connectivity index (χ3v) is 5.80. The standard InChI is InChI=1S/C26H26BrClN2O3/c1-2-29-26(32)24(16-19-7-4-3-5-8-19)30(17-20-9-6-10-22(28)15-20)25(31)18-33-23-13-11-21(27)12-14-23/h3-15,24H,2,16-18H2,1H3,(H,29,32)/t24-/m1/s1. The van der Waals surface area contributed by atoms with Crippen LogP contribution in [-0.2, 0) is 22.6 Å². The van der Waals surface area contributed by atoms with Crippen molar-refractivity contribution in [3.05, 3.63) is 99.5 Å². The van der Waals surface area contributed by atoms with E-state index in [9.17, 15) is 9.59 Å². The summed E-state index contributed by atoms with van der Waals surface area (Å²) in [6.45, 7) is 2.38. The van der Waals surface area contributed by atoms with E-state index in [0.29, 0.717) is 23.7 Å². The van der Waals surface area contributed by atoms with Crippen molar-refractivity contribution in [2.45, 2.75) is 25.9 Å². The number of amides is 2. The Hall–Kier alpha value is -2.83. The summed E-state index contributed by atoms with van der Waals surface area (Å²) in [5, 5.41) is 3.45. The highest BCUT2D eigenvalue weighted by molar-refractivity contribution is 9.10. The number of nitrogens with zero attached hydrogens (tertiary/aromatic N) is 1. The number of rotatable bonds is 10. The molecule has 0 aromatic heterocycles. The molecule has 0 bridgehead atoms. The van der Waals surface area contributed by atoms with Gasteiger partial charge in [0.15, 0.2) is 6.61 Å². The van der Waals surface area contributed by atoms with Crippen LogP contribution in [0.2, 0.25) is 5.02 Å². The summed E-state index contributed by atoms with van der Waals surface area (Å²) in [6.07, 6.45) is 0.386. The van der Waals surface area contributed by atoms with Crippen LogP contribution in [0.1, 0.15) is 18.1 Å². The molecule has 2 amide bonds. The van der Waals surface area contributed by atoms with Crippen LogP contribution < -0.4 is 10.1 Å². The lowest BCUT2D eigenvalue weighted by Crippen LogP contribution is -2.51. The molecule has 1 atom stereocenters. The molecule has 0 unspecified atom stereocenters. The van der Waals surface area contributed by atoms with E-state index in [1.165, 1.54) is 0 Å². The molecule has 0 aliphatic rings. The Morgan fingerprint density at radius 3 is 2.36 bits per heavy atom. The van der Waals surface area contributed by atoms with Crippen LogP contribution in [0.3, 0.4) is 0 Å². The summed E-state index contributed by atoms with van der Waals surface area (Å²) in [7, 11) is 0. The van der Waals surface area contributed by atoms with E-state index in [1.807, 2.05) is 61.5 Å². The molecule has 0 aliphatic heterocycles. The van der Waals surface area contributed by atoms with E-state index in [0.717, 1.165) is 15.6 Å². The molecule has 0 spiro atoms. The second-order valence-corrected chi connectivity index (χ2v) is 8.85. The zero-order valence-electron chi connectivity index (χ0n) is 18.3. The van der Waals surface area contributed by atoms with E-state index >= 15 is 0 Å². The first-order valence-corrected chi connectivity index (χ1v) is 11.9. The maximum atomic E-state index is 13.4. The van der Waals surface area contributed by atoms with Gasteiger partial charge in [-0.15, -0.1) is 0 Å². The van der Waals surface area contributed by atoms with Crippen LogP contribution in [-0.4, -0.2) is 35.9 Å². The molecule has 3 rings (SSSR count). The van der Waals surface area contributed by atoms with Crippen LogP contribution >= 0.6 is 27.5 Å².